The fourth-order valence-electron chi connectivity index (χ4n) is 4.57. The Hall–Kier alpha value is -0.850. The van der Waals surface area contributed by atoms with Gasteiger partial charge >= 0.3 is 6.61 Å². The second-order valence-corrected chi connectivity index (χ2v) is 7.96. The van der Waals surface area contributed by atoms with Gasteiger partial charge in [0, 0.05) is 29.9 Å². The summed E-state index contributed by atoms with van der Waals surface area (Å²) in [5, 5.41) is 0. The molecule has 2 fully saturated rings. The van der Waals surface area contributed by atoms with Crippen LogP contribution in [0.5, 0.6) is 5.75 Å². The molecule has 2 N–H and O–H groups in total. The van der Waals surface area contributed by atoms with E-state index in [2.05, 4.69) is 23.5 Å². The molecule has 26 heavy (non-hydrogen) atoms. The number of anilines is 1. The monoisotopic (exact) mass is 414 g/mol. The molecule has 0 amide bonds. The number of hydrogen-bond donors (Lipinski definition) is 1. The molecule has 1 saturated heterocycles. The van der Waals surface area contributed by atoms with Crippen molar-refractivity contribution in [1.82, 2.24) is 0 Å². The molecule has 1 aromatic carbocycles. The van der Waals surface area contributed by atoms with Gasteiger partial charge in [-0.25, -0.2) is 4.39 Å². The summed E-state index contributed by atoms with van der Waals surface area (Å²) >= 11 is 0. The molecule has 0 unspecified atom stereocenters. The highest BCUT2D eigenvalue weighted by molar-refractivity contribution is 5.85. The summed E-state index contributed by atoms with van der Waals surface area (Å²) in [6, 6.07) is 4.37. The van der Waals surface area contributed by atoms with E-state index in [4.69, 9.17) is 5.73 Å². The van der Waals surface area contributed by atoms with Crippen molar-refractivity contribution in [3.8, 4) is 5.75 Å². The lowest BCUT2D eigenvalue weighted by Gasteiger charge is -2.57. The van der Waals surface area contributed by atoms with Crippen molar-refractivity contribution in [2.24, 2.45) is 11.1 Å². The van der Waals surface area contributed by atoms with Gasteiger partial charge in [0.2, 0.25) is 0 Å². The lowest BCUT2D eigenvalue weighted by Crippen LogP contribution is -2.67. The molecule has 1 aliphatic carbocycles. The third-order valence-corrected chi connectivity index (χ3v) is 5.28. The predicted molar refractivity (Wildman–Crippen MR) is 102 cm³/mol. The van der Waals surface area contributed by atoms with Crippen LogP contribution in [0.25, 0.3) is 0 Å². The molecule has 1 aliphatic heterocycles. The van der Waals surface area contributed by atoms with Gasteiger partial charge in [-0.3, -0.25) is 0 Å². The smallest absolute Gasteiger partial charge is 0.387 e. The number of ether oxygens (including phenoxy) is 1. The van der Waals surface area contributed by atoms with Gasteiger partial charge < -0.3 is 15.4 Å². The maximum absolute atomic E-state index is 14.2. The Morgan fingerprint density at radius 3 is 2.54 bits per heavy atom. The Balaban J connectivity index is 0.00000169. The van der Waals surface area contributed by atoms with Crippen LogP contribution in [0.1, 0.15) is 46.0 Å². The van der Waals surface area contributed by atoms with E-state index in [1.165, 1.54) is 12.1 Å². The maximum Gasteiger partial charge on any atom is 0.387 e. The molecule has 2 atom stereocenters. The van der Waals surface area contributed by atoms with Crippen LogP contribution in [0.15, 0.2) is 18.2 Å². The Labute approximate surface area is 165 Å². The molecule has 3 rings (SSSR count). The molecule has 1 saturated carbocycles. The minimum atomic E-state index is -3.03. The van der Waals surface area contributed by atoms with Crippen LogP contribution in [0.2, 0.25) is 0 Å². The van der Waals surface area contributed by atoms with Crippen molar-refractivity contribution in [2.75, 3.05) is 11.4 Å². The lowest BCUT2D eigenvalue weighted by atomic mass is 9.65. The first-order chi connectivity index (χ1) is 11.2. The summed E-state index contributed by atoms with van der Waals surface area (Å²) in [7, 11) is 0. The van der Waals surface area contributed by atoms with Crippen LogP contribution < -0.4 is 15.4 Å². The van der Waals surface area contributed by atoms with E-state index in [1.54, 1.807) is 6.07 Å². The van der Waals surface area contributed by atoms with Gasteiger partial charge in [-0.15, -0.1) is 24.8 Å². The molecule has 150 valence electrons. The number of benzene rings is 1. The third kappa shape index (κ3) is 4.70. The van der Waals surface area contributed by atoms with E-state index >= 15 is 0 Å². The molecular formula is C18H27Cl2F3N2O. The zero-order chi connectivity index (χ0) is 17.5. The first-order valence-electron chi connectivity index (χ1n) is 8.50. The fraction of sp³-hybridized carbons (Fsp3) is 0.667. The van der Waals surface area contributed by atoms with E-state index in [0.717, 1.165) is 38.6 Å². The summed E-state index contributed by atoms with van der Waals surface area (Å²) in [6.07, 6.45) is 5.11. The first-order valence-corrected chi connectivity index (χ1v) is 8.50. The van der Waals surface area contributed by atoms with Gasteiger partial charge in [-0.1, -0.05) is 26.7 Å². The summed E-state index contributed by atoms with van der Waals surface area (Å²) in [5.74, 6) is -1.19. The minimum Gasteiger partial charge on any atom is -0.432 e. The third-order valence-electron chi connectivity index (χ3n) is 5.28. The quantitative estimate of drug-likeness (QED) is 0.743. The number of nitrogens with zero attached hydrogens (tertiary/aromatic N) is 1. The highest BCUT2D eigenvalue weighted by Crippen LogP contribution is 2.46. The number of nitrogens with two attached hydrogens (primary N) is 1. The standard InChI is InChI=1S/C18H25F3N2O.2ClH/c1-17(2)10-18(22)8-4-3-5-15(18)23(11-17)12-6-7-14(13(19)9-12)24-16(20)21;;/h6-7,9,15-16H,3-5,8,10-11,22H2,1-2H3;2*1H/t15-,18-;;/m0../s1. The average Bonchev–Trinajstić information content (AvgIpc) is 2.46. The normalized spacial score (nSPS) is 27.2. The van der Waals surface area contributed by atoms with E-state index in [9.17, 15) is 13.2 Å². The van der Waals surface area contributed by atoms with Crippen molar-refractivity contribution in [1.29, 1.82) is 0 Å². The van der Waals surface area contributed by atoms with E-state index in [1.807, 2.05) is 0 Å². The second kappa shape index (κ2) is 8.44. The summed E-state index contributed by atoms with van der Waals surface area (Å²) in [6.45, 7) is 2.08. The highest BCUT2D eigenvalue weighted by atomic mass is 35.5. The van der Waals surface area contributed by atoms with Crippen molar-refractivity contribution < 1.29 is 17.9 Å². The van der Waals surface area contributed by atoms with E-state index in [-0.39, 0.29) is 41.8 Å². The number of fused-ring (bicyclic) bond motifs is 1. The summed E-state index contributed by atoms with van der Waals surface area (Å²) < 4.78 is 43.0. The zero-order valence-corrected chi connectivity index (χ0v) is 16.6. The summed E-state index contributed by atoms with van der Waals surface area (Å²) in [4.78, 5) is 2.16. The Kier molecular flexibility index (Phi) is 7.53. The zero-order valence-electron chi connectivity index (χ0n) is 15.0. The molecule has 1 heterocycles. The average molecular weight is 415 g/mol. The highest BCUT2D eigenvalue weighted by Gasteiger charge is 2.49. The van der Waals surface area contributed by atoms with Crippen molar-refractivity contribution in [2.45, 2.75) is 64.1 Å². The van der Waals surface area contributed by atoms with Crippen LogP contribution in [0.3, 0.4) is 0 Å². The largest absolute Gasteiger partial charge is 0.432 e. The van der Waals surface area contributed by atoms with E-state index in [0.29, 0.717) is 5.69 Å². The molecule has 0 bridgehead atoms. The SMILES string of the molecule is CC1(C)CN(c2ccc(OC(F)F)c(F)c2)[C@H]2CCCC[C@]2(N)C1.Cl.Cl. The number of rotatable bonds is 3. The van der Waals surface area contributed by atoms with Gasteiger partial charge in [0.1, 0.15) is 0 Å². The van der Waals surface area contributed by atoms with Gasteiger partial charge in [-0.2, -0.15) is 8.78 Å². The lowest BCUT2D eigenvalue weighted by molar-refractivity contribution is -0.0521. The molecule has 0 radical (unpaired) electrons. The molecule has 0 spiro atoms. The van der Waals surface area contributed by atoms with Crippen molar-refractivity contribution in [3.63, 3.8) is 0 Å². The number of halogens is 5. The van der Waals surface area contributed by atoms with Gasteiger partial charge in [0.15, 0.2) is 11.6 Å². The Morgan fingerprint density at radius 1 is 1.23 bits per heavy atom. The molecular weight excluding hydrogens is 388 g/mol. The van der Waals surface area contributed by atoms with Gasteiger partial charge in [0.25, 0.3) is 0 Å². The van der Waals surface area contributed by atoms with Gasteiger partial charge in [-0.05, 0) is 36.8 Å². The van der Waals surface area contributed by atoms with Gasteiger partial charge in [0.05, 0.1) is 0 Å². The minimum absolute atomic E-state index is 0. The van der Waals surface area contributed by atoms with Crippen LogP contribution in [0.4, 0.5) is 18.9 Å². The van der Waals surface area contributed by atoms with Crippen LogP contribution in [-0.2, 0) is 0 Å². The van der Waals surface area contributed by atoms with Crippen LogP contribution >= 0.6 is 24.8 Å². The number of hydrogen-bond acceptors (Lipinski definition) is 3. The number of piperidine rings is 1. The Bertz CT molecular complexity index is 618. The Morgan fingerprint density at radius 2 is 1.92 bits per heavy atom. The summed E-state index contributed by atoms with van der Waals surface area (Å²) in [5.41, 5.74) is 7.15. The molecule has 2 aliphatic rings. The fourth-order valence-corrected chi connectivity index (χ4v) is 4.57. The molecule has 3 nitrogen and oxygen atoms in total. The molecule has 8 heteroatoms. The maximum atomic E-state index is 14.2. The molecule has 0 aromatic heterocycles. The van der Waals surface area contributed by atoms with Crippen LogP contribution in [0, 0.1) is 11.2 Å². The van der Waals surface area contributed by atoms with E-state index < -0.39 is 18.2 Å². The van der Waals surface area contributed by atoms with Crippen molar-refractivity contribution >= 4 is 30.5 Å². The van der Waals surface area contributed by atoms with Crippen LogP contribution in [-0.4, -0.2) is 24.7 Å². The topological polar surface area (TPSA) is 38.5 Å². The predicted octanol–water partition coefficient (Wildman–Crippen LogP) is 5.15. The second-order valence-electron chi connectivity index (χ2n) is 7.96. The number of alkyl halides is 2. The first kappa shape index (κ1) is 23.2. The van der Waals surface area contributed by atoms with Crippen molar-refractivity contribution in [3.05, 3.63) is 24.0 Å². The molecule has 1 aromatic rings.